The first kappa shape index (κ1) is 16.5. The molecule has 0 unspecified atom stereocenters. The number of para-hydroxylation sites is 1. The van der Waals surface area contributed by atoms with Crippen LogP contribution in [0.1, 0.15) is 0 Å². The minimum Gasteiger partial charge on any atom is -0.273 e. The zero-order chi connectivity index (χ0) is 19.1. The van der Waals surface area contributed by atoms with Crippen molar-refractivity contribution in [2.45, 2.75) is 0 Å². The molecule has 134 valence electrons. The number of benzene rings is 3. The van der Waals surface area contributed by atoms with Crippen molar-refractivity contribution in [1.29, 1.82) is 0 Å². The number of halogens is 1. The molecule has 5 rings (SSSR count). The third-order valence-corrected chi connectivity index (χ3v) is 5.07. The minimum absolute atomic E-state index is 0.246. The molecule has 3 heteroatoms. The lowest BCUT2D eigenvalue weighted by molar-refractivity contribution is 0.632. The van der Waals surface area contributed by atoms with Gasteiger partial charge in [-0.2, -0.15) is 0 Å². The number of fused-ring (bicyclic) bond motifs is 3. The van der Waals surface area contributed by atoms with Crippen LogP contribution in [0.4, 0.5) is 4.39 Å². The normalized spacial score (nSPS) is 11.2. The monoisotopic (exact) mass is 365 g/mol. The Balaban J connectivity index is 2.14. The predicted molar refractivity (Wildman–Crippen MR) is 112 cm³/mol. The van der Waals surface area contributed by atoms with Crippen LogP contribution >= 0.6 is 0 Å². The molecule has 0 bridgehead atoms. The van der Waals surface area contributed by atoms with Gasteiger partial charge in [0.2, 0.25) is 0 Å². The van der Waals surface area contributed by atoms with Crippen LogP contribution in [-0.4, -0.2) is 4.40 Å². The standard InChI is InChI=1S/C25H16FNO/c26-20-15-16-22(28)27-21-14-8-7-13-19(21)23(17-9-3-1-4-10-17)24(25(20)27)18-11-5-2-6-12-18/h1-16H. The summed E-state index contributed by atoms with van der Waals surface area (Å²) in [5.74, 6) is -0.415. The average molecular weight is 365 g/mol. The number of aromatic nitrogens is 1. The van der Waals surface area contributed by atoms with E-state index in [1.807, 2.05) is 84.9 Å². The molecule has 2 aromatic heterocycles. The van der Waals surface area contributed by atoms with Crippen molar-refractivity contribution in [3.8, 4) is 22.3 Å². The van der Waals surface area contributed by atoms with E-state index in [1.54, 1.807) is 0 Å². The van der Waals surface area contributed by atoms with E-state index in [1.165, 1.54) is 16.5 Å². The third-order valence-electron chi connectivity index (χ3n) is 5.07. The van der Waals surface area contributed by atoms with Gasteiger partial charge >= 0.3 is 0 Å². The van der Waals surface area contributed by atoms with Gasteiger partial charge in [0.1, 0.15) is 5.82 Å². The molecule has 3 aromatic carbocycles. The van der Waals surface area contributed by atoms with Gasteiger partial charge in [-0.3, -0.25) is 9.20 Å². The number of pyridine rings is 2. The van der Waals surface area contributed by atoms with Gasteiger partial charge in [-0.05, 0) is 23.3 Å². The first-order valence-electron chi connectivity index (χ1n) is 9.12. The highest BCUT2D eigenvalue weighted by atomic mass is 19.1. The van der Waals surface area contributed by atoms with Crippen molar-refractivity contribution in [3.05, 3.63) is 113 Å². The van der Waals surface area contributed by atoms with E-state index in [2.05, 4.69) is 0 Å². The number of rotatable bonds is 2. The van der Waals surface area contributed by atoms with Crippen LogP contribution in [0.2, 0.25) is 0 Å². The van der Waals surface area contributed by atoms with E-state index in [0.717, 1.165) is 27.6 Å². The lowest BCUT2D eigenvalue weighted by atomic mass is 9.90. The molecule has 0 N–H and O–H groups in total. The highest BCUT2D eigenvalue weighted by molar-refractivity contribution is 6.08. The fraction of sp³-hybridized carbons (Fsp3) is 0. The summed E-state index contributed by atoms with van der Waals surface area (Å²) >= 11 is 0. The van der Waals surface area contributed by atoms with Gasteiger partial charge in [-0.1, -0.05) is 78.9 Å². The van der Waals surface area contributed by atoms with Crippen molar-refractivity contribution < 1.29 is 4.39 Å². The highest BCUT2D eigenvalue weighted by Gasteiger charge is 2.20. The van der Waals surface area contributed by atoms with Gasteiger partial charge in [0.25, 0.3) is 5.56 Å². The summed E-state index contributed by atoms with van der Waals surface area (Å²) in [6.07, 6.45) is 0. The van der Waals surface area contributed by atoms with Crippen LogP contribution in [-0.2, 0) is 0 Å². The van der Waals surface area contributed by atoms with E-state index in [9.17, 15) is 4.79 Å². The van der Waals surface area contributed by atoms with Gasteiger partial charge in [-0.15, -0.1) is 0 Å². The van der Waals surface area contributed by atoms with E-state index >= 15 is 4.39 Å². The number of nitrogens with zero attached hydrogens (tertiary/aromatic N) is 1. The molecule has 5 aromatic rings. The van der Waals surface area contributed by atoms with Crippen molar-refractivity contribution in [3.63, 3.8) is 0 Å². The molecule has 0 amide bonds. The molecule has 0 spiro atoms. The maximum Gasteiger partial charge on any atom is 0.255 e. The van der Waals surface area contributed by atoms with Gasteiger partial charge in [-0.25, -0.2) is 4.39 Å². The molecule has 0 fully saturated rings. The maximum absolute atomic E-state index is 15.2. The SMILES string of the molecule is O=c1ccc(F)c2c(-c3ccccc3)c(-c3ccccc3)c3ccccc3n12. The Labute approximate surface area is 161 Å². The van der Waals surface area contributed by atoms with Crippen molar-refractivity contribution >= 4 is 16.4 Å². The van der Waals surface area contributed by atoms with Gasteiger partial charge in [0.15, 0.2) is 0 Å². The number of hydrogen-bond donors (Lipinski definition) is 0. The second-order valence-corrected chi connectivity index (χ2v) is 6.70. The topological polar surface area (TPSA) is 21.5 Å². The predicted octanol–water partition coefficient (Wildman–Crippen LogP) is 5.93. The van der Waals surface area contributed by atoms with Crippen LogP contribution in [0.25, 0.3) is 38.7 Å². The molecule has 0 saturated carbocycles. The Bertz CT molecular complexity index is 1370. The zero-order valence-electron chi connectivity index (χ0n) is 15.0. The lowest BCUT2D eigenvalue weighted by Crippen LogP contribution is -2.15. The number of hydrogen-bond acceptors (Lipinski definition) is 1. The fourth-order valence-corrected chi connectivity index (χ4v) is 3.91. The summed E-state index contributed by atoms with van der Waals surface area (Å²) in [5.41, 5.74) is 4.25. The largest absolute Gasteiger partial charge is 0.273 e. The Hall–Kier alpha value is -3.72. The Morgan fingerprint density at radius 3 is 1.86 bits per heavy atom. The van der Waals surface area contributed by atoms with Crippen LogP contribution < -0.4 is 5.56 Å². The summed E-state index contributed by atoms with van der Waals surface area (Å²) < 4.78 is 16.7. The molecule has 0 aliphatic heterocycles. The van der Waals surface area contributed by atoms with E-state index in [-0.39, 0.29) is 5.56 Å². The molecule has 0 saturated heterocycles. The fourth-order valence-electron chi connectivity index (χ4n) is 3.91. The second kappa shape index (κ2) is 6.46. The quantitative estimate of drug-likeness (QED) is 0.356. The molecule has 2 heterocycles. The lowest BCUT2D eigenvalue weighted by Gasteiger charge is -2.19. The first-order valence-corrected chi connectivity index (χ1v) is 9.12. The molecular weight excluding hydrogens is 349 g/mol. The summed E-state index contributed by atoms with van der Waals surface area (Å²) in [5, 5.41) is 0.910. The second-order valence-electron chi connectivity index (χ2n) is 6.70. The van der Waals surface area contributed by atoms with Crippen LogP contribution in [0.15, 0.2) is 102 Å². The highest BCUT2D eigenvalue weighted by Crippen LogP contribution is 2.41. The zero-order valence-corrected chi connectivity index (χ0v) is 15.0. The van der Waals surface area contributed by atoms with E-state index in [4.69, 9.17) is 0 Å². The molecule has 0 radical (unpaired) electrons. The molecule has 2 nitrogen and oxygen atoms in total. The molecule has 0 aliphatic carbocycles. The molecule has 28 heavy (non-hydrogen) atoms. The van der Waals surface area contributed by atoms with E-state index < -0.39 is 5.82 Å². The third kappa shape index (κ3) is 2.44. The first-order chi connectivity index (χ1) is 13.8. The smallest absolute Gasteiger partial charge is 0.255 e. The van der Waals surface area contributed by atoms with Gasteiger partial charge < -0.3 is 0 Å². The van der Waals surface area contributed by atoms with E-state index in [0.29, 0.717) is 11.0 Å². The average Bonchev–Trinajstić information content (AvgIpc) is 2.76. The molecule has 0 atom stereocenters. The summed E-state index contributed by atoms with van der Waals surface area (Å²) in [6, 6.07) is 29.8. The Morgan fingerprint density at radius 1 is 0.607 bits per heavy atom. The Morgan fingerprint density at radius 2 is 1.18 bits per heavy atom. The molecular formula is C25H16FNO. The molecule has 0 aliphatic rings. The van der Waals surface area contributed by atoms with Crippen molar-refractivity contribution in [1.82, 2.24) is 4.40 Å². The summed E-state index contributed by atoms with van der Waals surface area (Å²) in [7, 11) is 0. The van der Waals surface area contributed by atoms with Gasteiger partial charge in [0, 0.05) is 22.6 Å². The van der Waals surface area contributed by atoms with Crippen molar-refractivity contribution in [2.24, 2.45) is 0 Å². The van der Waals surface area contributed by atoms with Crippen LogP contribution in [0, 0.1) is 5.82 Å². The van der Waals surface area contributed by atoms with Crippen molar-refractivity contribution in [2.75, 3.05) is 0 Å². The summed E-state index contributed by atoms with van der Waals surface area (Å²) in [4.78, 5) is 12.8. The van der Waals surface area contributed by atoms with Crippen LogP contribution in [0.3, 0.4) is 0 Å². The Kier molecular flexibility index (Phi) is 3.80. The maximum atomic E-state index is 15.2. The van der Waals surface area contributed by atoms with Crippen LogP contribution in [0.5, 0.6) is 0 Å². The minimum atomic E-state index is -0.415. The van der Waals surface area contributed by atoms with Gasteiger partial charge in [0.05, 0.1) is 11.0 Å². The summed E-state index contributed by atoms with van der Waals surface area (Å²) in [6.45, 7) is 0.